The maximum absolute atomic E-state index is 8.89. The zero-order valence-electron chi connectivity index (χ0n) is 10.1. The molecule has 2 aliphatic carbocycles. The molecule has 5 heteroatoms. The first kappa shape index (κ1) is 13.1. The normalized spacial score (nSPS) is 15.5. The van der Waals surface area contributed by atoms with E-state index in [1.165, 1.54) is 10.1 Å². The Morgan fingerprint density at radius 3 is 2.83 bits per heavy atom. The number of fused-ring (bicyclic) bond motifs is 2. The lowest BCUT2D eigenvalue weighted by Crippen LogP contribution is -2.20. The summed E-state index contributed by atoms with van der Waals surface area (Å²) in [6.45, 7) is 0. The number of halogens is 1. The molecule has 92 valence electrons. The van der Waals surface area contributed by atoms with E-state index in [1.807, 2.05) is 31.1 Å². The van der Waals surface area contributed by atoms with Crippen molar-refractivity contribution in [2.75, 3.05) is 19.0 Å². The summed E-state index contributed by atoms with van der Waals surface area (Å²) in [5.74, 6) is 0. The van der Waals surface area contributed by atoms with Crippen molar-refractivity contribution in [3.63, 3.8) is 0 Å². The Morgan fingerprint density at radius 1 is 1.39 bits per heavy atom. The highest BCUT2D eigenvalue weighted by atomic mass is 79.9. The molecular weight excluding hydrogens is 310 g/mol. The molecule has 0 unspecified atom stereocenters. The number of hydrogen-bond acceptors (Lipinski definition) is 4. The van der Waals surface area contributed by atoms with Crippen molar-refractivity contribution >= 4 is 45.1 Å². The number of hydrogen-bond donors (Lipinski definition) is 0. The minimum Gasteiger partial charge on any atom is -0.354 e. The van der Waals surface area contributed by atoms with Gasteiger partial charge in [-0.05, 0) is 29.7 Å². The van der Waals surface area contributed by atoms with Crippen LogP contribution in [0.25, 0.3) is 11.6 Å². The molecule has 2 aliphatic rings. The second-order valence-electron chi connectivity index (χ2n) is 4.30. The molecule has 1 aromatic rings. The Balaban J connectivity index is 0.00000120. The van der Waals surface area contributed by atoms with E-state index in [0.29, 0.717) is 0 Å². The number of nitrogens with zero attached hydrogens (tertiary/aromatic N) is 3. The SMILES string of the molecule is Br.CN(C)c1nc2c(s1)=CC1=CC(C#N)=CCC=21. The van der Waals surface area contributed by atoms with E-state index < -0.39 is 0 Å². The molecule has 1 heterocycles. The van der Waals surface area contributed by atoms with E-state index in [4.69, 9.17) is 5.26 Å². The van der Waals surface area contributed by atoms with Gasteiger partial charge in [-0.2, -0.15) is 5.26 Å². The van der Waals surface area contributed by atoms with Crippen LogP contribution in [0.15, 0.2) is 23.3 Å². The Labute approximate surface area is 120 Å². The van der Waals surface area contributed by atoms with Crippen LogP contribution in [0, 0.1) is 11.3 Å². The Hall–Kier alpha value is -1.38. The highest BCUT2D eigenvalue weighted by molar-refractivity contribution is 8.93. The molecule has 0 N–H and O–H groups in total. The Bertz CT molecular complexity index is 716. The van der Waals surface area contributed by atoms with Crippen LogP contribution in [0.4, 0.5) is 5.13 Å². The van der Waals surface area contributed by atoms with Gasteiger partial charge in [-0.1, -0.05) is 17.4 Å². The lowest BCUT2D eigenvalue weighted by atomic mass is 9.97. The van der Waals surface area contributed by atoms with Crippen LogP contribution in [0.3, 0.4) is 0 Å². The summed E-state index contributed by atoms with van der Waals surface area (Å²) in [5, 5.41) is 11.0. The van der Waals surface area contributed by atoms with Gasteiger partial charge in [0, 0.05) is 19.7 Å². The largest absolute Gasteiger partial charge is 0.354 e. The van der Waals surface area contributed by atoms with Gasteiger partial charge in [-0.15, -0.1) is 17.0 Å². The maximum Gasteiger partial charge on any atom is 0.185 e. The average molecular weight is 322 g/mol. The minimum absolute atomic E-state index is 0. The zero-order valence-corrected chi connectivity index (χ0v) is 12.6. The van der Waals surface area contributed by atoms with Crippen molar-refractivity contribution in [2.45, 2.75) is 6.42 Å². The molecule has 0 radical (unpaired) electrons. The number of anilines is 1. The standard InChI is InChI=1S/C13H11N3S.BrH/c1-16(2)13-15-12-10-4-3-8(7-14)5-9(10)6-11(12)17-13;/h3,5-6H,4H2,1-2H3;1H. The third-order valence-corrected chi connectivity index (χ3v) is 4.08. The number of allylic oxidation sites excluding steroid dienone is 4. The second kappa shape index (κ2) is 4.71. The lowest BCUT2D eigenvalue weighted by molar-refractivity contribution is 1.09. The van der Waals surface area contributed by atoms with E-state index in [-0.39, 0.29) is 17.0 Å². The summed E-state index contributed by atoms with van der Waals surface area (Å²) >= 11 is 1.70. The Kier molecular flexibility index (Phi) is 3.42. The third-order valence-electron chi connectivity index (χ3n) is 2.91. The summed E-state index contributed by atoms with van der Waals surface area (Å²) in [4.78, 5) is 6.68. The van der Waals surface area contributed by atoms with E-state index in [0.717, 1.165) is 28.0 Å². The molecule has 0 spiro atoms. The quantitative estimate of drug-likeness (QED) is 0.787. The lowest BCUT2D eigenvalue weighted by Gasteiger charge is -2.08. The summed E-state index contributed by atoms with van der Waals surface area (Å²) in [6, 6.07) is 2.19. The molecule has 0 atom stereocenters. The summed E-state index contributed by atoms with van der Waals surface area (Å²) < 4.78 is 1.21. The van der Waals surface area contributed by atoms with Crippen molar-refractivity contribution in [1.29, 1.82) is 5.26 Å². The fraction of sp³-hybridized carbons (Fsp3) is 0.231. The molecule has 1 aromatic heterocycles. The van der Waals surface area contributed by atoms with Gasteiger partial charge < -0.3 is 4.90 Å². The molecule has 3 rings (SSSR count). The van der Waals surface area contributed by atoms with Gasteiger partial charge in [-0.25, -0.2) is 4.98 Å². The van der Waals surface area contributed by atoms with E-state index in [1.54, 1.807) is 11.3 Å². The van der Waals surface area contributed by atoms with Crippen LogP contribution < -0.4 is 14.8 Å². The molecule has 0 saturated heterocycles. The van der Waals surface area contributed by atoms with Gasteiger partial charge in [0.2, 0.25) is 0 Å². The van der Waals surface area contributed by atoms with E-state index >= 15 is 0 Å². The summed E-state index contributed by atoms with van der Waals surface area (Å²) in [6.07, 6.45) is 6.87. The van der Waals surface area contributed by atoms with Crippen LogP contribution in [0.5, 0.6) is 0 Å². The maximum atomic E-state index is 8.89. The van der Waals surface area contributed by atoms with Gasteiger partial charge in [0.1, 0.15) is 0 Å². The van der Waals surface area contributed by atoms with Crippen molar-refractivity contribution in [1.82, 2.24) is 4.98 Å². The predicted molar refractivity (Wildman–Crippen MR) is 80.3 cm³/mol. The molecule has 3 nitrogen and oxygen atoms in total. The van der Waals surface area contributed by atoms with Crippen molar-refractivity contribution in [3.05, 3.63) is 33.2 Å². The topological polar surface area (TPSA) is 39.9 Å². The predicted octanol–water partition coefficient (Wildman–Crippen LogP) is 1.51. The van der Waals surface area contributed by atoms with E-state index in [2.05, 4.69) is 17.1 Å². The van der Waals surface area contributed by atoms with Crippen LogP contribution in [-0.2, 0) is 0 Å². The van der Waals surface area contributed by atoms with Crippen LogP contribution in [0.1, 0.15) is 6.42 Å². The molecule has 0 aromatic carbocycles. The number of thiazole rings is 1. The van der Waals surface area contributed by atoms with Crippen LogP contribution >= 0.6 is 28.3 Å². The van der Waals surface area contributed by atoms with Crippen LogP contribution in [-0.4, -0.2) is 19.1 Å². The summed E-state index contributed by atoms with van der Waals surface area (Å²) in [7, 11) is 4.01. The fourth-order valence-corrected chi connectivity index (χ4v) is 3.02. The first-order chi connectivity index (χ1) is 8.19. The third kappa shape index (κ3) is 1.92. The zero-order chi connectivity index (χ0) is 12.0. The Morgan fingerprint density at radius 2 is 2.17 bits per heavy atom. The van der Waals surface area contributed by atoms with Gasteiger partial charge in [0.05, 0.1) is 16.0 Å². The smallest absolute Gasteiger partial charge is 0.185 e. The highest BCUT2D eigenvalue weighted by Gasteiger charge is 2.18. The first-order valence-corrected chi connectivity index (χ1v) is 6.22. The number of rotatable bonds is 1. The monoisotopic (exact) mass is 321 g/mol. The average Bonchev–Trinajstić information content (AvgIpc) is 2.84. The summed E-state index contributed by atoms with van der Waals surface area (Å²) in [5.41, 5.74) is 3.16. The molecule has 0 saturated carbocycles. The highest BCUT2D eigenvalue weighted by Crippen LogP contribution is 2.27. The molecule has 0 aliphatic heterocycles. The van der Waals surface area contributed by atoms with E-state index in [9.17, 15) is 0 Å². The van der Waals surface area contributed by atoms with Gasteiger partial charge in [-0.3, -0.25) is 0 Å². The second-order valence-corrected chi connectivity index (χ2v) is 5.31. The molecule has 0 amide bonds. The molecular formula is C13H12BrN3S. The van der Waals surface area contributed by atoms with Gasteiger partial charge in [0.15, 0.2) is 5.13 Å². The van der Waals surface area contributed by atoms with Gasteiger partial charge >= 0.3 is 0 Å². The molecule has 18 heavy (non-hydrogen) atoms. The minimum atomic E-state index is 0. The number of aromatic nitrogens is 1. The van der Waals surface area contributed by atoms with Crippen LogP contribution in [0.2, 0.25) is 0 Å². The molecule has 0 fully saturated rings. The number of nitriles is 1. The van der Waals surface area contributed by atoms with Crippen molar-refractivity contribution in [3.8, 4) is 6.07 Å². The van der Waals surface area contributed by atoms with Gasteiger partial charge in [0.25, 0.3) is 0 Å². The van der Waals surface area contributed by atoms with Crippen molar-refractivity contribution in [2.24, 2.45) is 0 Å². The first-order valence-electron chi connectivity index (χ1n) is 5.40. The van der Waals surface area contributed by atoms with Crippen molar-refractivity contribution < 1.29 is 0 Å². The fourth-order valence-electron chi connectivity index (χ4n) is 2.05. The molecule has 0 bridgehead atoms.